The van der Waals surface area contributed by atoms with Crippen molar-refractivity contribution in [2.24, 2.45) is 4.99 Å². The first-order valence-corrected chi connectivity index (χ1v) is 7.92. The average molecular weight is 409 g/mol. The molecule has 0 spiro atoms. The van der Waals surface area contributed by atoms with Gasteiger partial charge in [-0.25, -0.2) is 0 Å². The smallest absolute Gasteiger partial charge is 0.193 e. The van der Waals surface area contributed by atoms with Gasteiger partial charge in [0, 0.05) is 33.8 Å². The summed E-state index contributed by atoms with van der Waals surface area (Å²) in [5, 5.41) is 3.43. The van der Waals surface area contributed by atoms with Crippen molar-refractivity contribution in [3.8, 4) is 0 Å². The van der Waals surface area contributed by atoms with Gasteiger partial charge in [0.2, 0.25) is 0 Å². The zero-order valence-electron chi connectivity index (χ0n) is 13.6. The van der Waals surface area contributed by atoms with Crippen LogP contribution in [0.5, 0.6) is 0 Å². The van der Waals surface area contributed by atoms with Crippen molar-refractivity contribution >= 4 is 29.9 Å². The van der Waals surface area contributed by atoms with Gasteiger partial charge in [0.05, 0.1) is 6.10 Å². The SMILES string of the molecule is C=CCCCCCN(C)C(=NC)NCCC1CCCO1.I. The van der Waals surface area contributed by atoms with Crippen molar-refractivity contribution in [1.29, 1.82) is 0 Å². The maximum absolute atomic E-state index is 5.63. The highest BCUT2D eigenvalue weighted by Gasteiger charge is 2.15. The van der Waals surface area contributed by atoms with Gasteiger partial charge in [-0.1, -0.05) is 12.5 Å². The molecule has 21 heavy (non-hydrogen) atoms. The Morgan fingerprint density at radius 1 is 1.43 bits per heavy atom. The van der Waals surface area contributed by atoms with Gasteiger partial charge in [0.15, 0.2) is 5.96 Å². The first-order chi connectivity index (χ1) is 9.77. The largest absolute Gasteiger partial charge is 0.378 e. The third-order valence-electron chi connectivity index (χ3n) is 3.75. The van der Waals surface area contributed by atoms with Crippen LogP contribution < -0.4 is 5.32 Å². The summed E-state index contributed by atoms with van der Waals surface area (Å²) < 4.78 is 5.63. The van der Waals surface area contributed by atoms with Crippen molar-refractivity contribution in [1.82, 2.24) is 10.2 Å². The molecule has 0 aromatic heterocycles. The van der Waals surface area contributed by atoms with E-state index in [2.05, 4.69) is 28.8 Å². The summed E-state index contributed by atoms with van der Waals surface area (Å²) in [6.45, 7) is 6.68. The number of nitrogens with zero attached hydrogens (tertiary/aromatic N) is 2. The van der Waals surface area contributed by atoms with Gasteiger partial charge in [-0.15, -0.1) is 30.6 Å². The number of hydrogen-bond donors (Lipinski definition) is 1. The van der Waals surface area contributed by atoms with E-state index in [1.54, 1.807) is 0 Å². The molecule has 0 aromatic rings. The minimum Gasteiger partial charge on any atom is -0.378 e. The van der Waals surface area contributed by atoms with Gasteiger partial charge in [0.1, 0.15) is 0 Å². The summed E-state index contributed by atoms with van der Waals surface area (Å²) in [6, 6.07) is 0. The standard InChI is InChI=1S/C16H31N3O.HI/c1-4-5-6-7-8-13-19(3)16(17-2)18-12-11-15-10-9-14-20-15;/h4,15H,1,5-14H2,2-3H3,(H,17,18);1H. The van der Waals surface area contributed by atoms with Gasteiger partial charge >= 0.3 is 0 Å². The summed E-state index contributed by atoms with van der Waals surface area (Å²) in [5.41, 5.74) is 0. The number of allylic oxidation sites excluding steroid dienone is 1. The summed E-state index contributed by atoms with van der Waals surface area (Å²) in [5.74, 6) is 0.992. The van der Waals surface area contributed by atoms with Gasteiger partial charge in [0.25, 0.3) is 0 Å². The predicted octanol–water partition coefficient (Wildman–Crippen LogP) is 3.43. The van der Waals surface area contributed by atoms with Crippen molar-refractivity contribution in [3.63, 3.8) is 0 Å². The zero-order chi connectivity index (χ0) is 14.6. The van der Waals surface area contributed by atoms with Crippen LogP contribution in [0.1, 0.15) is 44.9 Å². The molecule has 0 aromatic carbocycles. The Bertz CT molecular complexity index is 291. The Hall–Kier alpha value is -0.300. The number of aliphatic imine (C=N–C) groups is 1. The van der Waals surface area contributed by atoms with Crippen molar-refractivity contribution in [3.05, 3.63) is 12.7 Å². The summed E-state index contributed by atoms with van der Waals surface area (Å²) in [6.07, 6.45) is 10.8. The fourth-order valence-electron chi connectivity index (χ4n) is 2.52. The number of ether oxygens (including phenoxy) is 1. The van der Waals surface area contributed by atoms with Crippen LogP contribution in [0.25, 0.3) is 0 Å². The van der Waals surface area contributed by atoms with Gasteiger partial charge in [-0.3, -0.25) is 4.99 Å². The molecule has 1 aliphatic rings. The van der Waals surface area contributed by atoms with E-state index < -0.39 is 0 Å². The molecule has 5 heteroatoms. The minimum atomic E-state index is 0. The molecule has 1 N–H and O–H groups in total. The van der Waals surface area contributed by atoms with Crippen LogP contribution in [0, 0.1) is 0 Å². The lowest BCUT2D eigenvalue weighted by Gasteiger charge is -2.22. The Morgan fingerprint density at radius 3 is 2.86 bits per heavy atom. The molecule has 1 unspecified atom stereocenters. The van der Waals surface area contributed by atoms with E-state index in [-0.39, 0.29) is 24.0 Å². The Balaban J connectivity index is 0.00000400. The lowest BCUT2D eigenvalue weighted by molar-refractivity contribution is 0.105. The highest BCUT2D eigenvalue weighted by Crippen LogP contribution is 2.14. The van der Waals surface area contributed by atoms with Gasteiger partial charge in [-0.05, 0) is 38.5 Å². The second-order valence-corrected chi connectivity index (χ2v) is 5.46. The van der Waals surface area contributed by atoms with Crippen molar-refractivity contribution < 1.29 is 4.74 Å². The molecule has 4 nitrogen and oxygen atoms in total. The van der Waals surface area contributed by atoms with Crippen LogP contribution in [0.2, 0.25) is 0 Å². The van der Waals surface area contributed by atoms with Crippen LogP contribution in [0.3, 0.4) is 0 Å². The molecular weight excluding hydrogens is 377 g/mol. The third-order valence-corrected chi connectivity index (χ3v) is 3.75. The molecule has 1 saturated heterocycles. The number of rotatable bonds is 9. The molecular formula is C16H32IN3O. The van der Waals surface area contributed by atoms with Crippen LogP contribution >= 0.6 is 24.0 Å². The van der Waals surface area contributed by atoms with E-state index in [9.17, 15) is 0 Å². The fourth-order valence-corrected chi connectivity index (χ4v) is 2.52. The Labute approximate surface area is 147 Å². The molecule has 124 valence electrons. The second-order valence-electron chi connectivity index (χ2n) is 5.46. The topological polar surface area (TPSA) is 36.9 Å². The Kier molecular flexibility index (Phi) is 13.2. The molecule has 0 saturated carbocycles. The maximum atomic E-state index is 5.63. The minimum absolute atomic E-state index is 0. The normalized spacial score (nSPS) is 18.2. The number of unbranched alkanes of at least 4 members (excludes halogenated alkanes) is 3. The summed E-state index contributed by atoms with van der Waals surface area (Å²) in [4.78, 5) is 6.55. The molecule has 1 rings (SSSR count). The molecule has 1 fully saturated rings. The van der Waals surface area contributed by atoms with Crippen molar-refractivity contribution in [2.45, 2.75) is 51.0 Å². The van der Waals surface area contributed by atoms with E-state index in [0.29, 0.717) is 6.10 Å². The molecule has 0 amide bonds. The maximum Gasteiger partial charge on any atom is 0.193 e. The third kappa shape index (κ3) is 9.34. The lowest BCUT2D eigenvalue weighted by Crippen LogP contribution is -2.40. The monoisotopic (exact) mass is 409 g/mol. The van der Waals surface area contributed by atoms with E-state index >= 15 is 0 Å². The molecule has 1 atom stereocenters. The average Bonchev–Trinajstić information content (AvgIpc) is 2.96. The highest BCUT2D eigenvalue weighted by atomic mass is 127. The number of halogens is 1. The van der Waals surface area contributed by atoms with Gasteiger partial charge < -0.3 is 15.0 Å². The summed E-state index contributed by atoms with van der Waals surface area (Å²) >= 11 is 0. The van der Waals surface area contributed by atoms with Crippen molar-refractivity contribution in [2.75, 3.05) is 33.8 Å². The van der Waals surface area contributed by atoms with E-state index in [0.717, 1.165) is 38.5 Å². The van der Waals surface area contributed by atoms with E-state index in [1.165, 1.54) is 32.1 Å². The molecule has 0 aliphatic carbocycles. The first kappa shape index (κ1) is 20.7. The zero-order valence-corrected chi connectivity index (χ0v) is 16.0. The summed E-state index contributed by atoms with van der Waals surface area (Å²) in [7, 11) is 3.96. The van der Waals surface area contributed by atoms with E-state index in [1.807, 2.05) is 13.1 Å². The first-order valence-electron chi connectivity index (χ1n) is 7.92. The quantitative estimate of drug-likeness (QED) is 0.209. The molecule has 0 bridgehead atoms. The molecule has 1 heterocycles. The second kappa shape index (κ2) is 13.4. The number of hydrogen-bond acceptors (Lipinski definition) is 2. The van der Waals surface area contributed by atoms with Crippen LogP contribution in [-0.4, -0.2) is 50.8 Å². The van der Waals surface area contributed by atoms with Crippen LogP contribution in [-0.2, 0) is 4.74 Å². The fraction of sp³-hybridized carbons (Fsp3) is 0.812. The van der Waals surface area contributed by atoms with E-state index in [4.69, 9.17) is 4.74 Å². The van der Waals surface area contributed by atoms with Gasteiger partial charge in [-0.2, -0.15) is 0 Å². The number of guanidine groups is 1. The van der Waals surface area contributed by atoms with Crippen LogP contribution in [0.15, 0.2) is 17.6 Å². The number of nitrogens with one attached hydrogen (secondary N) is 1. The lowest BCUT2D eigenvalue weighted by atomic mass is 10.2. The highest BCUT2D eigenvalue weighted by molar-refractivity contribution is 14.0. The van der Waals surface area contributed by atoms with Crippen LogP contribution in [0.4, 0.5) is 0 Å². The predicted molar refractivity (Wildman–Crippen MR) is 102 cm³/mol. The molecule has 0 radical (unpaired) electrons. The Morgan fingerprint density at radius 2 is 2.24 bits per heavy atom. The molecule has 1 aliphatic heterocycles.